The summed E-state index contributed by atoms with van der Waals surface area (Å²) in [6, 6.07) is 6.59. The second kappa shape index (κ2) is 6.99. The van der Waals surface area contributed by atoms with Crippen LogP contribution in [0.2, 0.25) is 0 Å². The van der Waals surface area contributed by atoms with E-state index >= 15 is 0 Å². The molecular formula is C19H28N4. The molecule has 0 fully saturated rings. The predicted octanol–water partition coefficient (Wildman–Crippen LogP) is 4.62. The molecule has 4 heteroatoms. The Hall–Kier alpha value is -2.10. The van der Waals surface area contributed by atoms with E-state index in [9.17, 15) is 0 Å². The van der Waals surface area contributed by atoms with Crippen LogP contribution in [-0.4, -0.2) is 16.0 Å². The van der Waals surface area contributed by atoms with Gasteiger partial charge >= 0.3 is 0 Å². The van der Waals surface area contributed by atoms with Gasteiger partial charge in [0.25, 0.3) is 0 Å². The molecule has 1 aromatic heterocycles. The van der Waals surface area contributed by atoms with Crippen LogP contribution in [0, 0.1) is 27.7 Å². The fraction of sp³-hybridized carbons (Fsp3) is 0.474. The van der Waals surface area contributed by atoms with E-state index in [0.717, 1.165) is 18.5 Å². The molecule has 0 saturated carbocycles. The maximum atomic E-state index is 5.98. The van der Waals surface area contributed by atoms with Crippen molar-refractivity contribution in [3.05, 3.63) is 40.6 Å². The first-order chi connectivity index (χ1) is 10.9. The summed E-state index contributed by atoms with van der Waals surface area (Å²) in [5.74, 6) is 1.22. The lowest BCUT2D eigenvalue weighted by atomic mass is 10.0. The number of nitrogens with two attached hydrogens (primary N) is 1. The largest absolute Gasteiger partial charge is 0.384 e. The smallest absolute Gasteiger partial charge is 0.232 e. The average molecular weight is 312 g/mol. The van der Waals surface area contributed by atoms with E-state index in [4.69, 9.17) is 5.73 Å². The van der Waals surface area contributed by atoms with Crippen LogP contribution in [0.3, 0.4) is 0 Å². The molecule has 0 aliphatic rings. The van der Waals surface area contributed by atoms with E-state index in [2.05, 4.69) is 61.6 Å². The van der Waals surface area contributed by atoms with Crippen molar-refractivity contribution >= 4 is 17.5 Å². The van der Waals surface area contributed by atoms with Gasteiger partial charge in [-0.2, -0.15) is 4.98 Å². The number of nitrogen functional groups attached to an aromatic ring is 1. The molecule has 1 heterocycles. The highest BCUT2D eigenvalue weighted by molar-refractivity contribution is 5.68. The third-order valence-electron chi connectivity index (χ3n) is 4.26. The number of anilines is 3. The Kier molecular flexibility index (Phi) is 5.24. The average Bonchev–Trinajstić information content (AvgIpc) is 2.44. The molecule has 124 valence electrons. The normalized spacial score (nSPS) is 11.1. The van der Waals surface area contributed by atoms with Gasteiger partial charge < -0.3 is 10.6 Å². The molecule has 23 heavy (non-hydrogen) atoms. The summed E-state index contributed by atoms with van der Waals surface area (Å²) in [7, 11) is 0. The van der Waals surface area contributed by atoms with Crippen molar-refractivity contribution < 1.29 is 0 Å². The minimum atomic E-state index is 0.344. The molecule has 1 aromatic carbocycles. The minimum Gasteiger partial charge on any atom is -0.384 e. The van der Waals surface area contributed by atoms with Crippen LogP contribution in [0.25, 0.3) is 0 Å². The fourth-order valence-electron chi connectivity index (χ4n) is 3.34. The van der Waals surface area contributed by atoms with Gasteiger partial charge in [0.05, 0.1) is 0 Å². The molecule has 0 bridgehead atoms. The molecule has 0 radical (unpaired) electrons. The molecule has 2 aromatic rings. The van der Waals surface area contributed by atoms with E-state index in [1.807, 2.05) is 13.0 Å². The lowest BCUT2D eigenvalue weighted by Crippen LogP contribution is -2.33. The fourth-order valence-corrected chi connectivity index (χ4v) is 3.34. The SMILES string of the molecule is CCC(CC)N(c1nc(C)cc(N)n1)c1c(C)cc(C)cc1C. The van der Waals surface area contributed by atoms with Crippen LogP contribution in [0.1, 0.15) is 49.1 Å². The molecular weight excluding hydrogens is 284 g/mol. The van der Waals surface area contributed by atoms with Crippen LogP contribution < -0.4 is 10.6 Å². The summed E-state index contributed by atoms with van der Waals surface area (Å²) in [4.78, 5) is 11.5. The van der Waals surface area contributed by atoms with Gasteiger partial charge in [-0.15, -0.1) is 0 Å². The van der Waals surface area contributed by atoms with Crippen LogP contribution in [0.5, 0.6) is 0 Å². The Balaban J connectivity index is 2.69. The number of benzene rings is 1. The first-order valence-corrected chi connectivity index (χ1v) is 8.35. The first kappa shape index (κ1) is 17.3. The third kappa shape index (κ3) is 3.63. The highest BCUT2D eigenvalue weighted by atomic mass is 15.3. The highest BCUT2D eigenvalue weighted by Gasteiger charge is 2.24. The monoisotopic (exact) mass is 312 g/mol. The number of rotatable bonds is 5. The van der Waals surface area contributed by atoms with Crippen LogP contribution in [0.15, 0.2) is 18.2 Å². The number of hydrogen-bond acceptors (Lipinski definition) is 4. The third-order valence-corrected chi connectivity index (χ3v) is 4.26. The molecule has 0 aliphatic heterocycles. The van der Waals surface area contributed by atoms with Gasteiger partial charge in [-0.25, -0.2) is 4.98 Å². The number of hydrogen-bond donors (Lipinski definition) is 1. The van der Waals surface area contributed by atoms with E-state index in [0.29, 0.717) is 17.8 Å². The zero-order valence-corrected chi connectivity index (χ0v) is 15.1. The molecule has 0 atom stereocenters. The first-order valence-electron chi connectivity index (χ1n) is 8.35. The number of aromatic nitrogens is 2. The Morgan fingerprint density at radius 3 is 2.00 bits per heavy atom. The quantitative estimate of drug-likeness (QED) is 0.875. The minimum absolute atomic E-state index is 0.344. The van der Waals surface area contributed by atoms with Crippen LogP contribution in [0.4, 0.5) is 17.5 Å². The maximum Gasteiger partial charge on any atom is 0.232 e. The maximum absolute atomic E-state index is 5.98. The van der Waals surface area contributed by atoms with Gasteiger partial charge in [-0.1, -0.05) is 31.5 Å². The topological polar surface area (TPSA) is 55.0 Å². The van der Waals surface area contributed by atoms with Gasteiger partial charge in [0.15, 0.2) is 0 Å². The van der Waals surface area contributed by atoms with E-state index < -0.39 is 0 Å². The second-order valence-corrected chi connectivity index (χ2v) is 6.32. The standard InChI is InChI=1S/C19H28N4/c1-7-16(8-2)23(19-21-15(6)11-17(20)22-19)18-13(4)9-12(3)10-14(18)5/h9-11,16H,7-8H2,1-6H3,(H2,20,21,22). The number of nitrogens with zero attached hydrogens (tertiary/aromatic N) is 3. The van der Waals surface area contributed by atoms with E-state index in [-0.39, 0.29) is 0 Å². The molecule has 4 nitrogen and oxygen atoms in total. The molecule has 2 N–H and O–H groups in total. The molecule has 0 aliphatic carbocycles. The van der Waals surface area contributed by atoms with Gasteiger partial charge in [0, 0.05) is 23.5 Å². The summed E-state index contributed by atoms with van der Waals surface area (Å²) in [6.45, 7) is 12.8. The second-order valence-electron chi connectivity index (χ2n) is 6.32. The molecule has 0 amide bonds. The molecule has 0 spiro atoms. The molecule has 0 saturated heterocycles. The predicted molar refractivity (Wildman–Crippen MR) is 98.3 cm³/mol. The summed E-state index contributed by atoms with van der Waals surface area (Å²) in [5, 5.41) is 0. The van der Waals surface area contributed by atoms with Gasteiger partial charge in [0.1, 0.15) is 5.82 Å². The summed E-state index contributed by atoms with van der Waals surface area (Å²) in [6.07, 6.45) is 2.06. The van der Waals surface area contributed by atoms with Crippen molar-refractivity contribution in [2.75, 3.05) is 10.6 Å². The van der Waals surface area contributed by atoms with Crippen molar-refractivity contribution in [3.63, 3.8) is 0 Å². The Morgan fingerprint density at radius 2 is 1.52 bits per heavy atom. The lowest BCUT2D eigenvalue weighted by molar-refractivity contribution is 0.598. The molecule has 0 unspecified atom stereocenters. The van der Waals surface area contributed by atoms with Crippen molar-refractivity contribution in [3.8, 4) is 0 Å². The van der Waals surface area contributed by atoms with Gasteiger partial charge in [-0.05, 0) is 51.7 Å². The Labute approximate surface area is 139 Å². The van der Waals surface area contributed by atoms with Crippen molar-refractivity contribution in [1.82, 2.24) is 9.97 Å². The summed E-state index contributed by atoms with van der Waals surface area (Å²) >= 11 is 0. The van der Waals surface area contributed by atoms with Crippen LogP contribution in [-0.2, 0) is 0 Å². The van der Waals surface area contributed by atoms with Crippen LogP contribution >= 0.6 is 0 Å². The lowest BCUT2D eigenvalue weighted by Gasteiger charge is -2.33. The number of aryl methyl sites for hydroxylation is 4. The summed E-state index contributed by atoms with van der Waals surface area (Å²) in [5.41, 5.74) is 11.9. The van der Waals surface area contributed by atoms with E-state index in [1.165, 1.54) is 22.4 Å². The Bertz CT molecular complexity index is 647. The van der Waals surface area contributed by atoms with E-state index in [1.54, 1.807) is 0 Å². The van der Waals surface area contributed by atoms with Crippen molar-refractivity contribution in [2.45, 2.75) is 60.4 Å². The zero-order valence-electron chi connectivity index (χ0n) is 15.1. The van der Waals surface area contributed by atoms with Crippen molar-refractivity contribution in [1.29, 1.82) is 0 Å². The molecule has 2 rings (SSSR count). The van der Waals surface area contributed by atoms with Gasteiger partial charge in [0.2, 0.25) is 5.95 Å². The summed E-state index contributed by atoms with van der Waals surface area (Å²) < 4.78 is 0. The van der Waals surface area contributed by atoms with Crippen molar-refractivity contribution in [2.24, 2.45) is 0 Å². The Morgan fingerprint density at radius 1 is 0.957 bits per heavy atom. The highest BCUT2D eigenvalue weighted by Crippen LogP contribution is 2.34. The van der Waals surface area contributed by atoms with Gasteiger partial charge in [-0.3, -0.25) is 0 Å². The zero-order chi connectivity index (χ0) is 17.1.